The molecule has 0 aliphatic heterocycles. The number of amides is 1. The molecule has 0 aromatic heterocycles. The van der Waals surface area contributed by atoms with Gasteiger partial charge in [-0.1, -0.05) is 60.7 Å². The van der Waals surface area contributed by atoms with E-state index in [2.05, 4.69) is 0 Å². The summed E-state index contributed by atoms with van der Waals surface area (Å²) in [5, 5.41) is 9.69. The summed E-state index contributed by atoms with van der Waals surface area (Å²) in [7, 11) is 0. The average Bonchev–Trinajstić information content (AvgIpc) is 2.49. The third-order valence-corrected chi connectivity index (χ3v) is 4.31. The highest BCUT2D eigenvalue weighted by atomic mass is 32.2. The molecule has 4 heteroatoms. The fourth-order valence-corrected chi connectivity index (χ4v) is 3.01. The molecule has 3 nitrogen and oxygen atoms in total. The fourth-order valence-electron chi connectivity index (χ4n) is 1.93. The van der Waals surface area contributed by atoms with Crippen LogP contribution in [0.2, 0.25) is 0 Å². The Hall–Kier alpha value is -1.78. The first-order valence-electron chi connectivity index (χ1n) is 6.37. The number of nitrogens with two attached hydrogens (primary N) is 1. The van der Waals surface area contributed by atoms with E-state index < -0.39 is 11.4 Å². The van der Waals surface area contributed by atoms with E-state index in [-0.39, 0.29) is 5.91 Å². The van der Waals surface area contributed by atoms with Gasteiger partial charge in [0.15, 0.2) is 0 Å². The summed E-state index contributed by atoms with van der Waals surface area (Å²) >= 11 is 1.36. The molecular weight excluding hydrogens is 270 g/mol. The summed E-state index contributed by atoms with van der Waals surface area (Å²) in [6, 6.07) is 18.8. The van der Waals surface area contributed by atoms with Crippen LogP contribution in [-0.2, 0) is 4.79 Å². The van der Waals surface area contributed by atoms with Gasteiger partial charge in [-0.3, -0.25) is 4.79 Å². The molecule has 0 radical (unpaired) electrons. The number of thioether (sulfide) groups is 1. The second-order valence-corrected chi connectivity index (χ2v) is 5.59. The van der Waals surface area contributed by atoms with Gasteiger partial charge >= 0.3 is 0 Å². The van der Waals surface area contributed by atoms with Gasteiger partial charge in [-0.15, -0.1) is 11.8 Å². The van der Waals surface area contributed by atoms with E-state index in [0.29, 0.717) is 5.75 Å². The van der Waals surface area contributed by atoms with Crippen LogP contribution in [-0.4, -0.2) is 16.8 Å². The molecular formula is C16H17NO2S. The molecule has 0 unspecified atom stereocenters. The number of aliphatic hydroxyl groups is 1. The molecule has 2 aromatic carbocycles. The van der Waals surface area contributed by atoms with Crippen LogP contribution >= 0.6 is 11.8 Å². The quantitative estimate of drug-likeness (QED) is 0.858. The molecule has 0 aliphatic carbocycles. The van der Waals surface area contributed by atoms with E-state index in [1.807, 2.05) is 60.7 Å². The number of carbonyl (C=O) groups excluding carboxylic acids is 1. The Morgan fingerprint density at radius 1 is 1.00 bits per heavy atom. The van der Waals surface area contributed by atoms with Crippen LogP contribution in [0.25, 0.3) is 0 Å². The van der Waals surface area contributed by atoms with Gasteiger partial charge in [0.1, 0.15) is 5.25 Å². The van der Waals surface area contributed by atoms with Crippen LogP contribution in [0.1, 0.15) is 22.5 Å². The lowest BCUT2D eigenvalue weighted by Crippen LogP contribution is -2.20. The molecule has 3 N–H and O–H groups in total. The maximum Gasteiger partial charge on any atom is 0.235 e. The number of rotatable bonds is 6. The minimum absolute atomic E-state index is 0.388. The summed E-state index contributed by atoms with van der Waals surface area (Å²) in [5.74, 6) is 0.0356. The van der Waals surface area contributed by atoms with Gasteiger partial charge in [0, 0.05) is 5.75 Å². The Kier molecular flexibility index (Phi) is 5.21. The topological polar surface area (TPSA) is 63.3 Å². The molecule has 1 amide bonds. The van der Waals surface area contributed by atoms with Gasteiger partial charge in [-0.25, -0.2) is 0 Å². The molecule has 0 spiro atoms. The lowest BCUT2D eigenvalue weighted by molar-refractivity contribution is -0.117. The minimum atomic E-state index is -0.605. The molecule has 0 saturated carbocycles. The van der Waals surface area contributed by atoms with Crippen LogP contribution in [0.4, 0.5) is 0 Å². The monoisotopic (exact) mass is 287 g/mol. The highest BCUT2D eigenvalue weighted by Crippen LogP contribution is 2.31. The van der Waals surface area contributed by atoms with Crippen molar-refractivity contribution in [2.24, 2.45) is 5.73 Å². The summed E-state index contributed by atoms with van der Waals surface area (Å²) < 4.78 is 0. The molecule has 0 fully saturated rings. The smallest absolute Gasteiger partial charge is 0.235 e. The molecule has 0 saturated heterocycles. The van der Waals surface area contributed by atoms with E-state index in [9.17, 15) is 9.90 Å². The second-order valence-electron chi connectivity index (χ2n) is 4.45. The van der Waals surface area contributed by atoms with Gasteiger partial charge in [0.25, 0.3) is 0 Å². The van der Waals surface area contributed by atoms with Crippen molar-refractivity contribution in [3.63, 3.8) is 0 Å². The summed E-state index contributed by atoms with van der Waals surface area (Å²) in [6.07, 6.45) is -0.605. The van der Waals surface area contributed by atoms with Crippen molar-refractivity contribution in [2.75, 3.05) is 5.75 Å². The number of primary amides is 1. The highest BCUT2D eigenvalue weighted by Gasteiger charge is 2.20. The maximum atomic E-state index is 11.6. The van der Waals surface area contributed by atoms with Gasteiger partial charge in [0.2, 0.25) is 5.91 Å². The van der Waals surface area contributed by atoms with E-state index in [0.717, 1.165) is 11.1 Å². The van der Waals surface area contributed by atoms with Crippen molar-refractivity contribution in [1.29, 1.82) is 0 Å². The number of hydrogen-bond acceptors (Lipinski definition) is 3. The molecule has 2 atom stereocenters. The molecule has 20 heavy (non-hydrogen) atoms. The van der Waals surface area contributed by atoms with E-state index in [1.165, 1.54) is 11.8 Å². The third-order valence-electron chi connectivity index (χ3n) is 2.97. The Labute approximate surface area is 122 Å². The first-order chi connectivity index (χ1) is 9.68. The number of hydrogen-bond donors (Lipinski definition) is 2. The van der Waals surface area contributed by atoms with Crippen molar-refractivity contribution in [3.05, 3.63) is 71.8 Å². The summed E-state index contributed by atoms with van der Waals surface area (Å²) in [5.41, 5.74) is 7.16. The van der Waals surface area contributed by atoms with Crippen LogP contribution < -0.4 is 5.73 Å². The SMILES string of the molecule is NC(=O)[C@H](SC[C@H](O)c1ccccc1)c1ccccc1. The van der Waals surface area contributed by atoms with Gasteiger partial charge < -0.3 is 10.8 Å². The van der Waals surface area contributed by atoms with Crippen LogP contribution in [0, 0.1) is 0 Å². The zero-order valence-electron chi connectivity index (χ0n) is 11.0. The molecule has 2 aromatic rings. The lowest BCUT2D eigenvalue weighted by Gasteiger charge is -2.16. The maximum absolute atomic E-state index is 11.6. The Morgan fingerprint density at radius 2 is 1.50 bits per heavy atom. The molecule has 0 bridgehead atoms. The first-order valence-corrected chi connectivity index (χ1v) is 7.42. The fraction of sp³-hybridized carbons (Fsp3) is 0.188. The molecule has 2 rings (SSSR count). The molecule has 104 valence electrons. The van der Waals surface area contributed by atoms with E-state index in [1.54, 1.807) is 0 Å². The van der Waals surface area contributed by atoms with Crippen LogP contribution in [0.5, 0.6) is 0 Å². The number of aliphatic hydroxyl groups excluding tert-OH is 1. The highest BCUT2D eigenvalue weighted by molar-refractivity contribution is 8.00. The molecule has 0 aliphatic rings. The Bertz CT molecular complexity index is 545. The van der Waals surface area contributed by atoms with E-state index in [4.69, 9.17) is 5.73 Å². The number of carbonyl (C=O) groups is 1. The normalized spacial score (nSPS) is 13.7. The van der Waals surface area contributed by atoms with Gasteiger partial charge in [0.05, 0.1) is 6.10 Å². The first kappa shape index (κ1) is 14.6. The van der Waals surface area contributed by atoms with Crippen molar-refractivity contribution in [2.45, 2.75) is 11.4 Å². The summed E-state index contributed by atoms with van der Waals surface area (Å²) in [6.45, 7) is 0. The Morgan fingerprint density at radius 3 is 2.00 bits per heavy atom. The van der Waals surface area contributed by atoms with Gasteiger partial charge in [-0.2, -0.15) is 0 Å². The van der Waals surface area contributed by atoms with Gasteiger partial charge in [-0.05, 0) is 11.1 Å². The standard InChI is InChI=1S/C16H17NO2S/c17-16(19)15(13-9-5-2-6-10-13)20-11-14(18)12-7-3-1-4-8-12/h1-10,14-15,18H,11H2,(H2,17,19)/t14-,15+/m0/s1. The van der Waals surface area contributed by atoms with Crippen molar-refractivity contribution in [3.8, 4) is 0 Å². The van der Waals surface area contributed by atoms with Crippen molar-refractivity contribution in [1.82, 2.24) is 0 Å². The average molecular weight is 287 g/mol. The largest absolute Gasteiger partial charge is 0.388 e. The number of benzene rings is 2. The van der Waals surface area contributed by atoms with Crippen molar-refractivity contribution >= 4 is 17.7 Å². The zero-order chi connectivity index (χ0) is 14.4. The van der Waals surface area contributed by atoms with Crippen LogP contribution in [0.15, 0.2) is 60.7 Å². The van der Waals surface area contributed by atoms with Crippen LogP contribution in [0.3, 0.4) is 0 Å². The minimum Gasteiger partial charge on any atom is -0.388 e. The van der Waals surface area contributed by atoms with Crippen molar-refractivity contribution < 1.29 is 9.90 Å². The predicted octanol–water partition coefficient (Wildman–Crippen LogP) is 2.68. The zero-order valence-corrected chi connectivity index (χ0v) is 11.8. The van der Waals surface area contributed by atoms with E-state index >= 15 is 0 Å². The second kappa shape index (κ2) is 7.12. The third kappa shape index (κ3) is 3.85. The molecule has 0 heterocycles. The Balaban J connectivity index is 2.02. The lowest BCUT2D eigenvalue weighted by atomic mass is 10.1. The summed E-state index contributed by atoms with van der Waals surface area (Å²) in [4.78, 5) is 11.6. The predicted molar refractivity (Wildman–Crippen MR) is 82.2 cm³/mol.